The summed E-state index contributed by atoms with van der Waals surface area (Å²) in [7, 11) is 0. The first-order chi connectivity index (χ1) is 7.70. The van der Waals surface area contributed by atoms with Crippen LogP contribution in [0.15, 0.2) is 18.2 Å². The number of aromatic hydroxyl groups is 1. The van der Waals surface area contributed by atoms with Crippen molar-refractivity contribution in [1.29, 1.82) is 0 Å². The van der Waals surface area contributed by atoms with Crippen LogP contribution in [0.2, 0.25) is 5.02 Å². The lowest BCUT2D eigenvalue weighted by atomic mass is 10.2. The highest BCUT2D eigenvalue weighted by molar-refractivity contribution is 7.14. The second kappa shape index (κ2) is 4.78. The van der Waals surface area contributed by atoms with Gasteiger partial charge in [-0.3, -0.25) is 0 Å². The zero-order chi connectivity index (χ0) is 11.5. The number of hydrogen-bond acceptors (Lipinski definition) is 5. The fourth-order valence-electron chi connectivity index (χ4n) is 1.27. The van der Waals surface area contributed by atoms with Gasteiger partial charge in [0.05, 0.1) is 5.56 Å². The Labute approximate surface area is 102 Å². The van der Waals surface area contributed by atoms with E-state index >= 15 is 0 Å². The number of aromatic nitrogens is 2. The van der Waals surface area contributed by atoms with Crippen molar-refractivity contribution in [2.24, 2.45) is 5.73 Å². The van der Waals surface area contributed by atoms with Crippen LogP contribution in [-0.2, 0) is 6.42 Å². The van der Waals surface area contributed by atoms with Crippen molar-refractivity contribution in [2.45, 2.75) is 6.42 Å². The topological polar surface area (TPSA) is 72.0 Å². The molecule has 0 amide bonds. The number of nitrogens with zero attached hydrogens (tertiary/aromatic N) is 2. The van der Waals surface area contributed by atoms with Gasteiger partial charge >= 0.3 is 0 Å². The largest absolute Gasteiger partial charge is 0.507 e. The molecule has 0 radical (unpaired) electrons. The fraction of sp³-hybridized carbons (Fsp3) is 0.200. The molecule has 0 aliphatic heterocycles. The summed E-state index contributed by atoms with van der Waals surface area (Å²) in [6.07, 6.45) is 0.693. The Morgan fingerprint density at radius 2 is 2.19 bits per heavy atom. The molecule has 1 heterocycles. The van der Waals surface area contributed by atoms with Gasteiger partial charge in [0.25, 0.3) is 0 Å². The van der Waals surface area contributed by atoms with Gasteiger partial charge in [-0.25, -0.2) is 0 Å². The monoisotopic (exact) mass is 255 g/mol. The number of rotatable bonds is 3. The summed E-state index contributed by atoms with van der Waals surface area (Å²) in [6.45, 7) is 0.538. The van der Waals surface area contributed by atoms with E-state index in [0.717, 1.165) is 5.01 Å². The average Bonchev–Trinajstić information content (AvgIpc) is 2.71. The van der Waals surface area contributed by atoms with E-state index in [1.165, 1.54) is 11.3 Å². The molecule has 84 valence electrons. The molecule has 3 N–H and O–H groups in total. The third-order valence-electron chi connectivity index (χ3n) is 2.01. The summed E-state index contributed by atoms with van der Waals surface area (Å²) in [5.41, 5.74) is 6.04. The van der Waals surface area contributed by atoms with E-state index < -0.39 is 0 Å². The van der Waals surface area contributed by atoms with Gasteiger partial charge in [0.2, 0.25) is 0 Å². The maximum atomic E-state index is 9.68. The average molecular weight is 256 g/mol. The first kappa shape index (κ1) is 11.3. The summed E-state index contributed by atoms with van der Waals surface area (Å²) in [6, 6.07) is 4.84. The SMILES string of the molecule is NCCc1nnc(-c2cc(Cl)ccc2O)s1. The first-order valence-corrected chi connectivity index (χ1v) is 5.91. The Morgan fingerprint density at radius 1 is 1.38 bits per heavy atom. The van der Waals surface area contributed by atoms with Gasteiger partial charge in [-0.05, 0) is 24.7 Å². The Hall–Kier alpha value is -1.17. The van der Waals surface area contributed by atoms with Gasteiger partial charge in [0.1, 0.15) is 10.8 Å². The number of hydrogen-bond donors (Lipinski definition) is 2. The second-order valence-electron chi connectivity index (χ2n) is 3.20. The molecule has 1 aromatic heterocycles. The molecule has 0 atom stereocenters. The van der Waals surface area contributed by atoms with Crippen LogP contribution < -0.4 is 5.73 Å². The zero-order valence-electron chi connectivity index (χ0n) is 8.35. The summed E-state index contributed by atoms with van der Waals surface area (Å²) >= 11 is 7.27. The lowest BCUT2D eigenvalue weighted by Crippen LogP contribution is -2.01. The quantitative estimate of drug-likeness (QED) is 0.881. The fourth-order valence-corrected chi connectivity index (χ4v) is 2.32. The van der Waals surface area contributed by atoms with Crippen molar-refractivity contribution in [2.75, 3.05) is 6.54 Å². The minimum absolute atomic E-state index is 0.153. The van der Waals surface area contributed by atoms with E-state index in [9.17, 15) is 5.11 Å². The van der Waals surface area contributed by atoms with Crippen molar-refractivity contribution in [3.63, 3.8) is 0 Å². The van der Waals surface area contributed by atoms with Gasteiger partial charge in [-0.2, -0.15) is 0 Å². The Morgan fingerprint density at radius 3 is 2.94 bits per heavy atom. The molecule has 0 bridgehead atoms. The van der Waals surface area contributed by atoms with Crippen molar-refractivity contribution >= 4 is 22.9 Å². The van der Waals surface area contributed by atoms with Crippen LogP contribution in [0.5, 0.6) is 5.75 Å². The van der Waals surface area contributed by atoms with Crippen LogP contribution >= 0.6 is 22.9 Å². The molecule has 0 saturated heterocycles. The molecule has 2 aromatic rings. The van der Waals surface area contributed by atoms with Crippen LogP contribution in [0.3, 0.4) is 0 Å². The normalized spacial score (nSPS) is 10.6. The van der Waals surface area contributed by atoms with E-state index in [2.05, 4.69) is 10.2 Å². The van der Waals surface area contributed by atoms with E-state index in [4.69, 9.17) is 17.3 Å². The van der Waals surface area contributed by atoms with Crippen LogP contribution in [0.1, 0.15) is 5.01 Å². The maximum absolute atomic E-state index is 9.68. The molecule has 0 unspecified atom stereocenters. The summed E-state index contributed by atoms with van der Waals surface area (Å²) in [5, 5.41) is 19.7. The number of benzene rings is 1. The molecule has 0 aliphatic carbocycles. The van der Waals surface area contributed by atoms with Crippen molar-refractivity contribution < 1.29 is 5.11 Å². The van der Waals surface area contributed by atoms with Gasteiger partial charge in [-0.1, -0.05) is 22.9 Å². The molecule has 6 heteroatoms. The molecule has 1 aromatic carbocycles. The highest BCUT2D eigenvalue weighted by atomic mass is 35.5. The van der Waals surface area contributed by atoms with Crippen LogP contribution in [0.25, 0.3) is 10.6 Å². The number of phenols is 1. The van der Waals surface area contributed by atoms with Crippen LogP contribution in [-0.4, -0.2) is 21.8 Å². The lowest BCUT2D eigenvalue weighted by molar-refractivity contribution is 0.477. The zero-order valence-corrected chi connectivity index (χ0v) is 9.92. The van der Waals surface area contributed by atoms with E-state index in [0.29, 0.717) is 28.6 Å². The molecule has 0 spiro atoms. The molecule has 4 nitrogen and oxygen atoms in total. The van der Waals surface area contributed by atoms with Crippen molar-refractivity contribution in [3.05, 3.63) is 28.2 Å². The standard InChI is InChI=1S/C10H10ClN3OS/c11-6-1-2-8(15)7(5-6)10-14-13-9(16-10)3-4-12/h1-2,5,15H,3-4,12H2. The third-order valence-corrected chi connectivity index (χ3v) is 3.27. The van der Waals surface area contributed by atoms with Crippen LogP contribution in [0.4, 0.5) is 0 Å². The minimum Gasteiger partial charge on any atom is -0.507 e. The predicted molar refractivity (Wildman–Crippen MR) is 64.8 cm³/mol. The highest BCUT2D eigenvalue weighted by Gasteiger charge is 2.10. The molecular weight excluding hydrogens is 246 g/mol. The van der Waals surface area contributed by atoms with Crippen molar-refractivity contribution in [1.82, 2.24) is 10.2 Å². The summed E-state index contributed by atoms with van der Waals surface area (Å²) in [5.74, 6) is 0.153. The second-order valence-corrected chi connectivity index (χ2v) is 4.70. The highest BCUT2D eigenvalue weighted by Crippen LogP contribution is 2.33. The Bertz CT molecular complexity index is 501. The third kappa shape index (κ3) is 2.32. The minimum atomic E-state index is 0.153. The molecule has 0 fully saturated rings. The van der Waals surface area contributed by atoms with E-state index in [1.807, 2.05) is 0 Å². The molecule has 16 heavy (non-hydrogen) atoms. The maximum Gasteiger partial charge on any atom is 0.151 e. The number of nitrogens with two attached hydrogens (primary N) is 1. The van der Waals surface area contributed by atoms with Gasteiger partial charge in [-0.15, -0.1) is 10.2 Å². The number of phenolic OH excluding ortho intramolecular Hbond substituents is 1. The van der Waals surface area contributed by atoms with Gasteiger partial charge < -0.3 is 10.8 Å². The molecule has 2 rings (SSSR count). The summed E-state index contributed by atoms with van der Waals surface area (Å²) < 4.78 is 0. The van der Waals surface area contributed by atoms with E-state index in [1.54, 1.807) is 18.2 Å². The number of halogens is 1. The first-order valence-electron chi connectivity index (χ1n) is 4.72. The Kier molecular flexibility index (Phi) is 3.38. The van der Waals surface area contributed by atoms with Crippen LogP contribution in [0, 0.1) is 0 Å². The molecular formula is C10H10ClN3OS. The molecule has 0 saturated carbocycles. The predicted octanol–water partition coefficient (Wildman–Crippen LogP) is 2.07. The molecule has 0 aliphatic rings. The lowest BCUT2D eigenvalue weighted by Gasteiger charge is -1.99. The van der Waals surface area contributed by atoms with E-state index in [-0.39, 0.29) is 5.75 Å². The van der Waals surface area contributed by atoms with Crippen molar-refractivity contribution in [3.8, 4) is 16.3 Å². The van der Waals surface area contributed by atoms with Gasteiger partial charge in [0, 0.05) is 11.4 Å². The van der Waals surface area contributed by atoms with Gasteiger partial charge in [0.15, 0.2) is 5.01 Å². The Balaban J connectivity index is 2.38. The summed E-state index contributed by atoms with van der Waals surface area (Å²) in [4.78, 5) is 0. The smallest absolute Gasteiger partial charge is 0.151 e.